The zero-order chi connectivity index (χ0) is 10.9. The number of nitrogens with two attached hydrogens (primary N) is 1. The van der Waals surface area contributed by atoms with Crippen LogP contribution in [0.25, 0.3) is 0 Å². The van der Waals surface area contributed by atoms with Crippen LogP contribution >= 0.6 is 0 Å². The molecule has 0 saturated carbocycles. The average molecular weight is 197 g/mol. The number of aryl methyl sites for hydroxylation is 1. The van der Waals surface area contributed by atoms with Crippen LogP contribution in [0.5, 0.6) is 0 Å². The van der Waals surface area contributed by atoms with Gasteiger partial charge in [-0.05, 0) is 20.8 Å². The molecule has 1 aromatic heterocycles. The van der Waals surface area contributed by atoms with Gasteiger partial charge in [-0.25, -0.2) is 4.98 Å². The van der Waals surface area contributed by atoms with Crippen LogP contribution in [-0.4, -0.2) is 26.7 Å². The smallest absolute Gasteiger partial charge is 0.322 e. The molecule has 2 atom stereocenters. The van der Waals surface area contributed by atoms with Gasteiger partial charge in [0.05, 0.1) is 18.1 Å². The Morgan fingerprint density at radius 1 is 1.64 bits per heavy atom. The summed E-state index contributed by atoms with van der Waals surface area (Å²) < 4.78 is 1.79. The topological polar surface area (TPSA) is 81.1 Å². The standard InChI is InChI=1S/C9H15N3O2/c1-5-6(2)12(4-11-5)7(3)8(10)9(13)14/h4,7-8H,10H2,1-3H3,(H,13,14). The molecule has 0 amide bonds. The summed E-state index contributed by atoms with van der Waals surface area (Å²) in [7, 11) is 0. The van der Waals surface area contributed by atoms with Crippen LogP contribution in [0.2, 0.25) is 0 Å². The highest BCUT2D eigenvalue weighted by molar-refractivity contribution is 5.73. The van der Waals surface area contributed by atoms with E-state index in [4.69, 9.17) is 10.8 Å². The van der Waals surface area contributed by atoms with Gasteiger partial charge >= 0.3 is 5.97 Å². The van der Waals surface area contributed by atoms with Gasteiger partial charge in [-0.15, -0.1) is 0 Å². The second-order valence-corrected chi connectivity index (χ2v) is 3.43. The van der Waals surface area contributed by atoms with Gasteiger partial charge in [0.1, 0.15) is 6.04 Å². The highest BCUT2D eigenvalue weighted by Gasteiger charge is 2.22. The highest BCUT2D eigenvalue weighted by Crippen LogP contribution is 2.14. The molecular formula is C9H15N3O2. The number of aromatic nitrogens is 2. The number of imidazole rings is 1. The minimum atomic E-state index is -0.997. The van der Waals surface area contributed by atoms with E-state index in [1.165, 1.54) is 0 Å². The molecule has 0 radical (unpaired) electrons. The molecule has 78 valence electrons. The first-order valence-corrected chi connectivity index (χ1v) is 4.43. The van der Waals surface area contributed by atoms with Crippen molar-refractivity contribution in [2.45, 2.75) is 32.9 Å². The lowest BCUT2D eigenvalue weighted by molar-refractivity contribution is -0.139. The largest absolute Gasteiger partial charge is 0.480 e. The third-order valence-corrected chi connectivity index (χ3v) is 2.53. The normalized spacial score (nSPS) is 15.1. The zero-order valence-corrected chi connectivity index (χ0v) is 8.56. The van der Waals surface area contributed by atoms with E-state index in [2.05, 4.69) is 4.98 Å². The number of nitrogens with zero attached hydrogens (tertiary/aromatic N) is 2. The van der Waals surface area contributed by atoms with Gasteiger partial charge < -0.3 is 15.4 Å². The van der Waals surface area contributed by atoms with Crippen molar-refractivity contribution >= 4 is 5.97 Å². The van der Waals surface area contributed by atoms with Crippen molar-refractivity contribution in [3.05, 3.63) is 17.7 Å². The lowest BCUT2D eigenvalue weighted by Gasteiger charge is -2.19. The van der Waals surface area contributed by atoms with Gasteiger partial charge in [-0.1, -0.05) is 0 Å². The molecule has 0 spiro atoms. The Morgan fingerprint density at radius 2 is 2.21 bits per heavy atom. The van der Waals surface area contributed by atoms with E-state index in [1.54, 1.807) is 17.8 Å². The first kappa shape index (κ1) is 10.7. The van der Waals surface area contributed by atoms with Gasteiger partial charge in [-0.2, -0.15) is 0 Å². The summed E-state index contributed by atoms with van der Waals surface area (Å²) in [5.74, 6) is -0.997. The van der Waals surface area contributed by atoms with Crippen LogP contribution in [0, 0.1) is 13.8 Å². The van der Waals surface area contributed by atoms with E-state index in [9.17, 15) is 4.79 Å². The Hall–Kier alpha value is -1.36. The van der Waals surface area contributed by atoms with E-state index >= 15 is 0 Å². The van der Waals surface area contributed by atoms with E-state index < -0.39 is 12.0 Å². The number of hydrogen-bond donors (Lipinski definition) is 2. The molecule has 5 heteroatoms. The lowest BCUT2D eigenvalue weighted by atomic mass is 10.1. The van der Waals surface area contributed by atoms with Crippen LogP contribution in [0.1, 0.15) is 24.4 Å². The molecule has 5 nitrogen and oxygen atoms in total. The summed E-state index contributed by atoms with van der Waals surface area (Å²) in [4.78, 5) is 14.8. The first-order chi connectivity index (χ1) is 6.45. The summed E-state index contributed by atoms with van der Waals surface area (Å²) >= 11 is 0. The fourth-order valence-corrected chi connectivity index (χ4v) is 1.31. The summed E-state index contributed by atoms with van der Waals surface area (Å²) in [5, 5.41) is 8.75. The number of carboxylic acids is 1. The van der Waals surface area contributed by atoms with Crippen molar-refractivity contribution in [3.63, 3.8) is 0 Å². The van der Waals surface area contributed by atoms with E-state index in [0.717, 1.165) is 11.4 Å². The van der Waals surface area contributed by atoms with Crippen LogP contribution in [0.3, 0.4) is 0 Å². The predicted octanol–water partition coefficient (Wildman–Crippen LogP) is 0.473. The van der Waals surface area contributed by atoms with Gasteiger partial charge in [0.25, 0.3) is 0 Å². The summed E-state index contributed by atoms with van der Waals surface area (Å²) in [6.07, 6.45) is 1.62. The Balaban J connectivity index is 2.94. The maximum absolute atomic E-state index is 10.7. The zero-order valence-electron chi connectivity index (χ0n) is 8.56. The van der Waals surface area contributed by atoms with E-state index in [0.29, 0.717) is 0 Å². The van der Waals surface area contributed by atoms with Gasteiger partial charge in [-0.3, -0.25) is 4.79 Å². The molecular weight excluding hydrogens is 182 g/mol. The van der Waals surface area contributed by atoms with Crippen molar-refractivity contribution in [2.24, 2.45) is 5.73 Å². The SMILES string of the molecule is Cc1ncn(C(C)C(N)C(=O)O)c1C. The van der Waals surface area contributed by atoms with E-state index in [1.807, 2.05) is 13.8 Å². The average Bonchev–Trinajstić information content (AvgIpc) is 2.45. The molecule has 1 aromatic rings. The van der Waals surface area contributed by atoms with Gasteiger partial charge in [0.15, 0.2) is 0 Å². The Labute approximate surface area is 82.6 Å². The van der Waals surface area contributed by atoms with Gasteiger partial charge in [0.2, 0.25) is 0 Å². The third-order valence-electron chi connectivity index (χ3n) is 2.53. The lowest BCUT2D eigenvalue weighted by Crippen LogP contribution is -2.38. The van der Waals surface area contributed by atoms with Gasteiger partial charge in [0, 0.05) is 5.69 Å². The molecule has 0 aliphatic carbocycles. The Morgan fingerprint density at radius 3 is 2.57 bits per heavy atom. The second kappa shape index (κ2) is 3.79. The summed E-state index contributed by atoms with van der Waals surface area (Å²) in [6.45, 7) is 5.55. The summed E-state index contributed by atoms with van der Waals surface area (Å²) in [6, 6.07) is -1.18. The molecule has 0 aromatic carbocycles. The molecule has 1 heterocycles. The minimum absolute atomic E-state index is 0.284. The monoisotopic (exact) mass is 197 g/mol. The fraction of sp³-hybridized carbons (Fsp3) is 0.556. The number of carbonyl (C=O) groups is 1. The fourth-order valence-electron chi connectivity index (χ4n) is 1.31. The molecule has 3 N–H and O–H groups in total. The molecule has 0 saturated heterocycles. The summed E-state index contributed by atoms with van der Waals surface area (Å²) in [5.41, 5.74) is 7.37. The Bertz CT molecular complexity index is 346. The van der Waals surface area contributed by atoms with E-state index in [-0.39, 0.29) is 6.04 Å². The second-order valence-electron chi connectivity index (χ2n) is 3.43. The number of carboxylic acid groups (broad SMARTS) is 1. The molecule has 14 heavy (non-hydrogen) atoms. The van der Waals surface area contributed by atoms with Crippen LogP contribution in [0.4, 0.5) is 0 Å². The van der Waals surface area contributed by atoms with Crippen LogP contribution < -0.4 is 5.73 Å². The quantitative estimate of drug-likeness (QED) is 0.738. The molecule has 2 unspecified atom stereocenters. The maximum atomic E-state index is 10.7. The number of hydrogen-bond acceptors (Lipinski definition) is 3. The van der Waals surface area contributed by atoms with Crippen molar-refractivity contribution in [2.75, 3.05) is 0 Å². The number of aliphatic carboxylic acids is 1. The molecule has 0 fully saturated rings. The number of rotatable bonds is 3. The molecule has 1 rings (SSSR count). The van der Waals surface area contributed by atoms with Crippen LogP contribution in [-0.2, 0) is 4.79 Å². The van der Waals surface area contributed by atoms with Crippen molar-refractivity contribution in [1.29, 1.82) is 0 Å². The Kier molecular flexibility index (Phi) is 2.90. The molecule has 0 bridgehead atoms. The maximum Gasteiger partial charge on any atom is 0.322 e. The highest BCUT2D eigenvalue weighted by atomic mass is 16.4. The predicted molar refractivity (Wildman–Crippen MR) is 52.0 cm³/mol. The molecule has 0 aliphatic heterocycles. The third kappa shape index (κ3) is 1.77. The van der Waals surface area contributed by atoms with Crippen molar-refractivity contribution in [3.8, 4) is 0 Å². The van der Waals surface area contributed by atoms with Crippen molar-refractivity contribution < 1.29 is 9.90 Å². The van der Waals surface area contributed by atoms with Crippen LogP contribution in [0.15, 0.2) is 6.33 Å². The van der Waals surface area contributed by atoms with Crippen molar-refractivity contribution in [1.82, 2.24) is 9.55 Å². The molecule has 0 aliphatic rings. The minimum Gasteiger partial charge on any atom is -0.480 e. The first-order valence-electron chi connectivity index (χ1n) is 4.43.